The van der Waals surface area contributed by atoms with Gasteiger partial charge in [-0.05, 0) is 24.6 Å². The molecule has 0 bridgehead atoms. The molecular formula is C15H16N4O2. The standard InChI is InChI=1S/C15H16N4O2/c1-9-5-6-10(8-16)7-11(9)19-14(15(2,3)4)17-12(18-19)13(20)21/h5-7H,1-4H3,(H,20,21). The molecule has 0 unspecified atom stereocenters. The Kier molecular flexibility index (Phi) is 3.52. The Bertz CT molecular complexity index is 748. The number of hydrogen-bond donors (Lipinski definition) is 1. The van der Waals surface area contributed by atoms with Gasteiger partial charge in [0.2, 0.25) is 0 Å². The number of aryl methyl sites for hydroxylation is 1. The summed E-state index contributed by atoms with van der Waals surface area (Å²) in [5, 5.41) is 22.2. The Morgan fingerprint density at radius 2 is 2.05 bits per heavy atom. The zero-order chi connectivity index (χ0) is 15.8. The van der Waals surface area contributed by atoms with Gasteiger partial charge in [0.25, 0.3) is 5.82 Å². The highest BCUT2D eigenvalue weighted by molar-refractivity contribution is 5.83. The first-order valence-corrected chi connectivity index (χ1v) is 6.46. The molecule has 1 heterocycles. The highest BCUT2D eigenvalue weighted by Gasteiger charge is 2.26. The van der Waals surface area contributed by atoms with Crippen molar-refractivity contribution in [2.45, 2.75) is 33.1 Å². The van der Waals surface area contributed by atoms with E-state index in [1.807, 2.05) is 33.8 Å². The van der Waals surface area contributed by atoms with E-state index >= 15 is 0 Å². The third-order valence-corrected chi connectivity index (χ3v) is 3.04. The number of aromatic nitrogens is 3. The topological polar surface area (TPSA) is 91.8 Å². The summed E-state index contributed by atoms with van der Waals surface area (Å²) in [5.74, 6) is -0.881. The Labute approximate surface area is 122 Å². The Hall–Kier alpha value is -2.68. The molecule has 0 fully saturated rings. The lowest BCUT2D eigenvalue weighted by molar-refractivity contribution is 0.0683. The normalized spacial score (nSPS) is 11.2. The number of rotatable bonds is 2. The van der Waals surface area contributed by atoms with Crippen LogP contribution in [-0.2, 0) is 5.41 Å². The van der Waals surface area contributed by atoms with Crippen LogP contribution in [0.5, 0.6) is 0 Å². The molecule has 1 N–H and O–H groups in total. The Balaban J connectivity index is 2.74. The number of nitrogens with zero attached hydrogens (tertiary/aromatic N) is 4. The second kappa shape index (κ2) is 5.02. The quantitative estimate of drug-likeness (QED) is 0.914. The van der Waals surface area contributed by atoms with Crippen LogP contribution in [0.4, 0.5) is 0 Å². The van der Waals surface area contributed by atoms with Crippen molar-refractivity contribution in [1.82, 2.24) is 14.8 Å². The Morgan fingerprint density at radius 3 is 2.57 bits per heavy atom. The highest BCUT2D eigenvalue weighted by atomic mass is 16.4. The molecule has 0 aliphatic heterocycles. The van der Waals surface area contributed by atoms with E-state index in [1.54, 1.807) is 12.1 Å². The van der Waals surface area contributed by atoms with Crippen molar-refractivity contribution in [3.63, 3.8) is 0 Å². The molecule has 6 heteroatoms. The summed E-state index contributed by atoms with van der Waals surface area (Å²) in [5.41, 5.74) is 1.67. The number of carboxylic acid groups (broad SMARTS) is 1. The van der Waals surface area contributed by atoms with Gasteiger partial charge in [-0.1, -0.05) is 26.8 Å². The minimum Gasteiger partial charge on any atom is -0.475 e. The minimum atomic E-state index is -1.17. The van der Waals surface area contributed by atoms with E-state index in [2.05, 4.69) is 16.2 Å². The van der Waals surface area contributed by atoms with Gasteiger partial charge in [0.15, 0.2) is 0 Å². The second-order valence-electron chi connectivity index (χ2n) is 5.84. The molecule has 0 saturated carbocycles. The van der Waals surface area contributed by atoms with Crippen molar-refractivity contribution in [2.75, 3.05) is 0 Å². The van der Waals surface area contributed by atoms with Gasteiger partial charge < -0.3 is 5.11 Å². The van der Waals surface area contributed by atoms with Crippen LogP contribution < -0.4 is 0 Å². The maximum absolute atomic E-state index is 11.1. The maximum Gasteiger partial charge on any atom is 0.375 e. The number of carbonyl (C=O) groups is 1. The van der Waals surface area contributed by atoms with Crippen LogP contribution in [0.1, 0.15) is 48.3 Å². The molecule has 0 radical (unpaired) electrons. The number of nitriles is 1. The molecule has 0 amide bonds. The van der Waals surface area contributed by atoms with Gasteiger partial charge in [-0.3, -0.25) is 0 Å². The lowest BCUT2D eigenvalue weighted by atomic mass is 9.95. The van der Waals surface area contributed by atoms with E-state index in [0.717, 1.165) is 5.56 Å². The van der Waals surface area contributed by atoms with E-state index < -0.39 is 5.97 Å². The fourth-order valence-corrected chi connectivity index (χ4v) is 1.96. The van der Waals surface area contributed by atoms with Crippen LogP contribution in [0, 0.1) is 18.3 Å². The van der Waals surface area contributed by atoms with Gasteiger partial charge in [0.1, 0.15) is 5.82 Å². The summed E-state index contributed by atoms with van der Waals surface area (Å²) in [6.45, 7) is 7.68. The van der Waals surface area contributed by atoms with Crippen LogP contribution in [0.2, 0.25) is 0 Å². The summed E-state index contributed by atoms with van der Waals surface area (Å²) < 4.78 is 1.51. The summed E-state index contributed by atoms with van der Waals surface area (Å²) >= 11 is 0. The molecule has 0 saturated heterocycles. The molecule has 1 aromatic carbocycles. The summed E-state index contributed by atoms with van der Waals surface area (Å²) in [6, 6.07) is 7.28. The fraction of sp³-hybridized carbons (Fsp3) is 0.333. The van der Waals surface area contributed by atoms with Crippen molar-refractivity contribution in [3.05, 3.63) is 41.0 Å². The monoisotopic (exact) mass is 284 g/mol. The summed E-state index contributed by atoms with van der Waals surface area (Å²) in [7, 11) is 0. The molecule has 0 aliphatic rings. The van der Waals surface area contributed by atoms with Crippen molar-refractivity contribution >= 4 is 5.97 Å². The molecular weight excluding hydrogens is 268 g/mol. The van der Waals surface area contributed by atoms with Gasteiger partial charge in [0.05, 0.1) is 17.3 Å². The van der Waals surface area contributed by atoms with Gasteiger partial charge >= 0.3 is 5.97 Å². The van der Waals surface area contributed by atoms with E-state index in [4.69, 9.17) is 10.4 Å². The van der Waals surface area contributed by atoms with Crippen molar-refractivity contribution in [3.8, 4) is 11.8 Å². The van der Waals surface area contributed by atoms with E-state index in [0.29, 0.717) is 17.1 Å². The number of carboxylic acids is 1. The molecule has 2 rings (SSSR count). The summed E-state index contributed by atoms with van der Waals surface area (Å²) in [4.78, 5) is 15.3. The van der Waals surface area contributed by atoms with E-state index in [1.165, 1.54) is 4.68 Å². The molecule has 1 aromatic heterocycles. The van der Waals surface area contributed by atoms with Crippen LogP contribution in [0.25, 0.3) is 5.69 Å². The average molecular weight is 284 g/mol. The zero-order valence-electron chi connectivity index (χ0n) is 12.4. The predicted octanol–water partition coefficient (Wildman–Crippen LogP) is 2.44. The Morgan fingerprint density at radius 1 is 1.38 bits per heavy atom. The third kappa shape index (κ3) is 2.77. The minimum absolute atomic E-state index is 0.248. The number of hydrogen-bond acceptors (Lipinski definition) is 4. The predicted molar refractivity (Wildman–Crippen MR) is 76.5 cm³/mol. The van der Waals surface area contributed by atoms with Crippen molar-refractivity contribution < 1.29 is 9.90 Å². The molecule has 6 nitrogen and oxygen atoms in total. The maximum atomic E-state index is 11.1. The van der Waals surface area contributed by atoms with Crippen LogP contribution in [-0.4, -0.2) is 25.8 Å². The van der Waals surface area contributed by atoms with Crippen LogP contribution in [0.15, 0.2) is 18.2 Å². The second-order valence-corrected chi connectivity index (χ2v) is 5.84. The lowest BCUT2D eigenvalue weighted by Gasteiger charge is -2.19. The lowest BCUT2D eigenvalue weighted by Crippen LogP contribution is -2.19. The zero-order valence-corrected chi connectivity index (χ0v) is 12.4. The van der Waals surface area contributed by atoms with E-state index in [9.17, 15) is 4.79 Å². The summed E-state index contributed by atoms with van der Waals surface area (Å²) in [6.07, 6.45) is 0. The van der Waals surface area contributed by atoms with Crippen LogP contribution in [0.3, 0.4) is 0 Å². The average Bonchev–Trinajstić information content (AvgIpc) is 2.84. The molecule has 2 aromatic rings. The third-order valence-electron chi connectivity index (χ3n) is 3.04. The molecule has 0 aliphatic carbocycles. The van der Waals surface area contributed by atoms with E-state index in [-0.39, 0.29) is 11.2 Å². The molecule has 0 spiro atoms. The molecule has 21 heavy (non-hydrogen) atoms. The smallest absolute Gasteiger partial charge is 0.375 e. The highest BCUT2D eigenvalue weighted by Crippen LogP contribution is 2.25. The first kappa shape index (κ1) is 14.7. The first-order valence-electron chi connectivity index (χ1n) is 6.46. The SMILES string of the molecule is Cc1ccc(C#N)cc1-n1nc(C(=O)O)nc1C(C)(C)C. The molecule has 0 atom stereocenters. The molecule has 108 valence electrons. The first-order chi connectivity index (χ1) is 9.74. The number of aromatic carboxylic acids is 1. The van der Waals surface area contributed by atoms with Crippen molar-refractivity contribution in [2.24, 2.45) is 0 Å². The number of benzene rings is 1. The van der Waals surface area contributed by atoms with Gasteiger partial charge in [0, 0.05) is 5.41 Å². The fourth-order valence-electron chi connectivity index (χ4n) is 1.96. The van der Waals surface area contributed by atoms with Crippen molar-refractivity contribution in [1.29, 1.82) is 5.26 Å². The van der Waals surface area contributed by atoms with Gasteiger partial charge in [-0.15, -0.1) is 5.10 Å². The van der Waals surface area contributed by atoms with Crippen LogP contribution >= 0.6 is 0 Å². The van der Waals surface area contributed by atoms with Gasteiger partial charge in [-0.2, -0.15) is 5.26 Å². The largest absolute Gasteiger partial charge is 0.475 e. The van der Waals surface area contributed by atoms with Gasteiger partial charge in [-0.25, -0.2) is 14.5 Å².